The molecular formula is C11H12N4O2S2. The first kappa shape index (κ1) is 13.6. The van der Waals surface area contributed by atoms with Gasteiger partial charge in [-0.25, -0.2) is 0 Å². The van der Waals surface area contributed by atoms with Crippen LogP contribution in [0.4, 0.5) is 5.13 Å². The van der Waals surface area contributed by atoms with Crippen molar-refractivity contribution in [1.29, 1.82) is 0 Å². The van der Waals surface area contributed by atoms with Gasteiger partial charge in [0.25, 0.3) is 5.91 Å². The van der Waals surface area contributed by atoms with Crippen LogP contribution in [0.2, 0.25) is 0 Å². The number of rotatable bonds is 6. The minimum atomic E-state index is -0.123. The molecule has 0 aliphatic carbocycles. The van der Waals surface area contributed by atoms with Gasteiger partial charge in [0.2, 0.25) is 11.0 Å². The van der Waals surface area contributed by atoms with Crippen molar-refractivity contribution in [2.45, 2.75) is 12.8 Å². The predicted octanol–water partition coefficient (Wildman–Crippen LogP) is 1.75. The Labute approximate surface area is 117 Å². The van der Waals surface area contributed by atoms with Gasteiger partial charge in [-0.3, -0.25) is 9.59 Å². The van der Waals surface area contributed by atoms with Crippen molar-refractivity contribution in [3.63, 3.8) is 0 Å². The number of carbonyl (C=O) groups excluding carboxylic acids is 2. The van der Waals surface area contributed by atoms with E-state index in [1.807, 2.05) is 11.4 Å². The average Bonchev–Trinajstić information content (AvgIpc) is 3.06. The summed E-state index contributed by atoms with van der Waals surface area (Å²) in [4.78, 5) is 23.8. The first-order valence-corrected chi connectivity index (χ1v) is 7.39. The molecule has 2 amide bonds. The fourth-order valence-corrected chi connectivity index (χ4v) is 2.46. The van der Waals surface area contributed by atoms with E-state index in [1.54, 1.807) is 11.6 Å². The molecule has 0 saturated heterocycles. The monoisotopic (exact) mass is 296 g/mol. The molecule has 2 aromatic rings. The molecule has 6 nitrogen and oxygen atoms in total. The number of nitrogens with one attached hydrogen (secondary N) is 2. The Balaban J connectivity index is 1.61. The minimum absolute atomic E-state index is 0.0977. The molecule has 2 aromatic heterocycles. The molecule has 2 rings (SSSR count). The molecule has 2 N–H and O–H groups in total. The van der Waals surface area contributed by atoms with Crippen LogP contribution >= 0.6 is 22.7 Å². The second kappa shape index (κ2) is 6.95. The third kappa shape index (κ3) is 4.42. The van der Waals surface area contributed by atoms with E-state index in [4.69, 9.17) is 0 Å². The van der Waals surface area contributed by atoms with Crippen molar-refractivity contribution in [3.8, 4) is 0 Å². The van der Waals surface area contributed by atoms with Crippen molar-refractivity contribution < 1.29 is 9.59 Å². The number of hydrogen-bond donors (Lipinski definition) is 2. The highest BCUT2D eigenvalue weighted by Crippen LogP contribution is 2.09. The molecule has 0 spiro atoms. The molecule has 19 heavy (non-hydrogen) atoms. The normalized spacial score (nSPS) is 10.1. The van der Waals surface area contributed by atoms with E-state index in [9.17, 15) is 9.59 Å². The zero-order valence-electron chi connectivity index (χ0n) is 9.96. The summed E-state index contributed by atoms with van der Waals surface area (Å²) < 4.78 is 0. The largest absolute Gasteiger partial charge is 0.351 e. The summed E-state index contributed by atoms with van der Waals surface area (Å²) in [7, 11) is 0. The summed E-state index contributed by atoms with van der Waals surface area (Å²) in [5.74, 6) is -0.221. The van der Waals surface area contributed by atoms with E-state index in [0.717, 1.165) is 0 Å². The Morgan fingerprint density at radius 3 is 2.89 bits per heavy atom. The van der Waals surface area contributed by atoms with E-state index >= 15 is 0 Å². The van der Waals surface area contributed by atoms with Gasteiger partial charge < -0.3 is 10.6 Å². The van der Waals surface area contributed by atoms with Crippen LogP contribution in [0.25, 0.3) is 0 Å². The third-order valence-corrected chi connectivity index (χ3v) is 3.69. The van der Waals surface area contributed by atoms with Gasteiger partial charge in [-0.15, -0.1) is 21.5 Å². The fraction of sp³-hybridized carbons (Fsp3) is 0.273. The molecular weight excluding hydrogens is 284 g/mol. The summed E-state index contributed by atoms with van der Waals surface area (Å²) in [6.45, 7) is 0.472. The lowest BCUT2D eigenvalue weighted by Crippen LogP contribution is -2.24. The Bertz CT molecular complexity index is 525. The van der Waals surface area contributed by atoms with Gasteiger partial charge in [-0.05, 0) is 17.9 Å². The van der Waals surface area contributed by atoms with Gasteiger partial charge in [-0.1, -0.05) is 17.4 Å². The topological polar surface area (TPSA) is 84.0 Å². The van der Waals surface area contributed by atoms with E-state index in [1.165, 1.54) is 22.7 Å². The van der Waals surface area contributed by atoms with Gasteiger partial charge in [0.15, 0.2) is 0 Å². The van der Waals surface area contributed by atoms with Crippen LogP contribution < -0.4 is 10.6 Å². The van der Waals surface area contributed by atoms with Crippen LogP contribution in [0.1, 0.15) is 22.5 Å². The fourth-order valence-electron chi connectivity index (χ4n) is 1.36. The Morgan fingerprint density at radius 1 is 1.32 bits per heavy atom. The Morgan fingerprint density at radius 2 is 2.21 bits per heavy atom. The van der Waals surface area contributed by atoms with Crippen LogP contribution in [-0.4, -0.2) is 28.6 Å². The van der Waals surface area contributed by atoms with Crippen LogP contribution in [0, 0.1) is 0 Å². The van der Waals surface area contributed by atoms with Crippen LogP contribution in [0.3, 0.4) is 0 Å². The maximum Gasteiger partial charge on any atom is 0.261 e. The lowest BCUT2D eigenvalue weighted by Gasteiger charge is -2.03. The Hall–Kier alpha value is -1.80. The van der Waals surface area contributed by atoms with Crippen LogP contribution in [0.15, 0.2) is 23.0 Å². The number of aromatic nitrogens is 2. The number of thiophene rings is 1. The molecule has 0 aromatic carbocycles. The maximum absolute atomic E-state index is 11.6. The van der Waals surface area contributed by atoms with Gasteiger partial charge in [0.1, 0.15) is 5.51 Å². The second-order valence-corrected chi connectivity index (χ2v) is 5.41. The predicted molar refractivity (Wildman–Crippen MR) is 74.4 cm³/mol. The summed E-state index contributed by atoms with van der Waals surface area (Å²) in [5.41, 5.74) is 1.55. The van der Waals surface area contributed by atoms with Crippen molar-refractivity contribution in [2.24, 2.45) is 0 Å². The highest BCUT2D eigenvalue weighted by atomic mass is 32.1. The van der Waals surface area contributed by atoms with E-state index in [0.29, 0.717) is 29.4 Å². The molecule has 100 valence electrons. The first-order chi connectivity index (χ1) is 9.25. The molecule has 0 unspecified atom stereocenters. The SMILES string of the molecule is O=C(CCCNC(=O)c1cccs1)Nc1nncs1. The first-order valence-electron chi connectivity index (χ1n) is 5.63. The molecule has 0 aliphatic heterocycles. The van der Waals surface area contributed by atoms with Crippen LogP contribution in [-0.2, 0) is 4.79 Å². The van der Waals surface area contributed by atoms with Gasteiger partial charge in [0.05, 0.1) is 4.88 Å². The second-order valence-electron chi connectivity index (χ2n) is 3.63. The van der Waals surface area contributed by atoms with Crippen molar-refractivity contribution in [1.82, 2.24) is 15.5 Å². The average molecular weight is 296 g/mol. The summed E-state index contributed by atoms with van der Waals surface area (Å²) in [5, 5.41) is 15.1. The highest BCUT2D eigenvalue weighted by Gasteiger charge is 2.07. The summed E-state index contributed by atoms with van der Waals surface area (Å²) >= 11 is 2.66. The number of amides is 2. The third-order valence-electron chi connectivity index (χ3n) is 2.22. The molecule has 8 heteroatoms. The molecule has 0 fully saturated rings. The number of nitrogens with zero attached hydrogens (tertiary/aromatic N) is 2. The smallest absolute Gasteiger partial charge is 0.261 e. The summed E-state index contributed by atoms with van der Waals surface area (Å²) in [6.07, 6.45) is 0.923. The lowest BCUT2D eigenvalue weighted by molar-refractivity contribution is -0.116. The lowest BCUT2D eigenvalue weighted by atomic mass is 10.3. The van der Waals surface area contributed by atoms with Gasteiger partial charge >= 0.3 is 0 Å². The van der Waals surface area contributed by atoms with Crippen molar-refractivity contribution in [2.75, 3.05) is 11.9 Å². The highest BCUT2D eigenvalue weighted by molar-refractivity contribution is 7.13. The molecule has 2 heterocycles. The maximum atomic E-state index is 11.6. The molecule has 0 bridgehead atoms. The molecule has 0 atom stereocenters. The standard InChI is InChI=1S/C11H12N4O2S2/c16-9(14-11-15-13-7-19-11)4-1-5-12-10(17)8-3-2-6-18-8/h2-3,6-7H,1,4-5H2,(H,12,17)(H,14,15,16). The molecule has 0 aliphatic rings. The summed E-state index contributed by atoms with van der Waals surface area (Å²) in [6, 6.07) is 3.59. The molecule has 0 saturated carbocycles. The van der Waals surface area contributed by atoms with E-state index in [-0.39, 0.29) is 11.8 Å². The number of hydrogen-bond acceptors (Lipinski definition) is 6. The van der Waals surface area contributed by atoms with Crippen LogP contribution in [0.5, 0.6) is 0 Å². The Kier molecular flexibility index (Phi) is 4.99. The van der Waals surface area contributed by atoms with E-state index < -0.39 is 0 Å². The van der Waals surface area contributed by atoms with Crippen molar-refractivity contribution >= 4 is 39.6 Å². The quantitative estimate of drug-likeness (QED) is 0.795. The molecule has 0 radical (unpaired) electrons. The van der Waals surface area contributed by atoms with Crippen molar-refractivity contribution in [3.05, 3.63) is 27.9 Å². The zero-order valence-corrected chi connectivity index (χ0v) is 11.6. The zero-order chi connectivity index (χ0) is 13.5. The number of anilines is 1. The van der Waals surface area contributed by atoms with Gasteiger partial charge in [0, 0.05) is 13.0 Å². The van der Waals surface area contributed by atoms with Gasteiger partial charge in [-0.2, -0.15) is 0 Å². The van der Waals surface area contributed by atoms with E-state index in [2.05, 4.69) is 20.8 Å². The minimum Gasteiger partial charge on any atom is -0.351 e. The number of carbonyl (C=O) groups is 2.